The first-order valence-electron chi connectivity index (χ1n) is 8.13. The van der Waals surface area contributed by atoms with Crippen molar-refractivity contribution in [3.8, 4) is 0 Å². The molecule has 2 aromatic rings. The van der Waals surface area contributed by atoms with E-state index < -0.39 is 6.04 Å². The van der Waals surface area contributed by atoms with Crippen molar-refractivity contribution >= 4 is 29.1 Å². The van der Waals surface area contributed by atoms with E-state index in [2.05, 4.69) is 10.1 Å². The number of likely N-dealkylation sites (N-methyl/N-ethyl adjacent to an activating group) is 1. The van der Waals surface area contributed by atoms with Crippen molar-refractivity contribution in [1.29, 1.82) is 0 Å². The number of hydrogen-bond acceptors (Lipinski definition) is 3. The van der Waals surface area contributed by atoms with E-state index in [4.69, 9.17) is 23.2 Å². The molecule has 1 aromatic carbocycles. The first-order chi connectivity index (χ1) is 11.6. The quantitative estimate of drug-likeness (QED) is 0.822. The van der Waals surface area contributed by atoms with Crippen molar-refractivity contribution in [3.05, 3.63) is 46.5 Å². The van der Waals surface area contributed by atoms with Crippen molar-refractivity contribution in [1.82, 2.24) is 19.7 Å². The van der Waals surface area contributed by atoms with Crippen molar-refractivity contribution in [2.75, 3.05) is 7.05 Å². The summed E-state index contributed by atoms with van der Waals surface area (Å²) in [7, 11) is 1.87. The fourth-order valence-electron chi connectivity index (χ4n) is 3.30. The third-order valence-corrected chi connectivity index (χ3v) is 5.22. The van der Waals surface area contributed by atoms with Crippen LogP contribution in [0.25, 0.3) is 0 Å². The highest BCUT2D eigenvalue weighted by Crippen LogP contribution is 2.31. The van der Waals surface area contributed by atoms with Gasteiger partial charge in [0, 0.05) is 28.7 Å². The van der Waals surface area contributed by atoms with Crippen LogP contribution in [0.15, 0.2) is 30.9 Å². The molecule has 1 aliphatic carbocycles. The van der Waals surface area contributed by atoms with Gasteiger partial charge in [-0.1, -0.05) is 48.5 Å². The number of amides is 1. The third kappa shape index (κ3) is 3.57. The summed E-state index contributed by atoms with van der Waals surface area (Å²) in [5, 5.41) is 5.16. The number of benzene rings is 1. The lowest BCUT2D eigenvalue weighted by molar-refractivity contribution is -0.135. The molecule has 0 N–H and O–H groups in total. The predicted octanol–water partition coefficient (Wildman–Crippen LogP) is 3.97. The highest BCUT2D eigenvalue weighted by molar-refractivity contribution is 6.35. The molecule has 0 aliphatic heterocycles. The fourth-order valence-corrected chi connectivity index (χ4v) is 3.82. The van der Waals surface area contributed by atoms with Gasteiger partial charge < -0.3 is 4.90 Å². The molecule has 128 valence electrons. The molecule has 24 heavy (non-hydrogen) atoms. The number of nitrogens with zero attached hydrogens (tertiary/aromatic N) is 4. The van der Waals surface area contributed by atoms with Gasteiger partial charge in [-0.25, -0.2) is 9.67 Å². The zero-order chi connectivity index (χ0) is 17.1. The fraction of sp³-hybridized carbons (Fsp3) is 0.471. The van der Waals surface area contributed by atoms with E-state index in [0.717, 1.165) is 25.7 Å². The Kier molecular flexibility index (Phi) is 5.41. The zero-order valence-electron chi connectivity index (χ0n) is 13.5. The summed E-state index contributed by atoms with van der Waals surface area (Å²) < 4.78 is 1.55. The lowest BCUT2D eigenvalue weighted by Gasteiger charge is -2.34. The van der Waals surface area contributed by atoms with E-state index in [1.54, 1.807) is 29.2 Å². The summed E-state index contributed by atoms with van der Waals surface area (Å²) in [6, 6.07) is 4.80. The van der Waals surface area contributed by atoms with Crippen LogP contribution in [0, 0.1) is 0 Å². The van der Waals surface area contributed by atoms with Gasteiger partial charge in [-0.3, -0.25) is 4.79 Å². The minimum atomic E-state index is -0.635. The van der Waals surface area contributed by atoms with Gasteiger partial charge in [0.1, 0.15) is 12.7 Å². The highest BCUT2D eigenvalue weighted by Gasteiger charge is 2.32. The van der Waals surface area contributed by atoms with Crippen LogP contribution in [0.5, 0.6) is 0 Å². The molecule has 1 unspecified atom stereocenters. The Bertz CT molecular complexity index is 699. The summed E-state index contributed by atoms with van der Waals surface area (Å²) in [5.41, 5.74) is 0.680. The Morgan fingerprint density at radius 3 is 2.67 bits per heavy atom. The van der Waals surface area contributed by atoms with Gasteiger partial charge in [0.2, 0.25) is 0 Å². The van der Waals surface area contributed by atoms with Gasteiger partial charge in [0.15, 0.2) is 6.04 Å². The Hall–Kier alpha value is -1.59. The second-order valence-corrected chi connectivity index (χ2v) is 7.03. The van der Waals surface area contributed by atoms with Crippen molar-refractivity contribution in [3.63, 3.8) is 0 Å². The predicted molar refractivity (Wildman–Crippen MR) is 94.3 cm³/mol. The summed E-state index contributed by atoms with van der Waals surface area (Å²) in [4.78, 5) is 19.0. The topological polar surface area (TPSA) is 51.0 Å². The molecule has 5 nitrogen and oxygen atoms in total. The van der Waals surface area contributed by atoms with Gasteiger partial charge in [0.25, 0.3) is 5.91 Å². The molecule has 0 spiro atoms. The standard InChI is InChI=1S/C17H20Cl2N4O/c1-22(13-5-3-2-4-6-13)17(24)16(23-11-20-10-21-23)14-8-7-12(18)9-15(14)19/h7-11,13,16H,2-6H2,1H3. The maximum atomic E-state index is 13.2. The number of carbonyl (C=O) groups excluding carboxylic acids is 1. The Morgan fingerprint density at radius 1 is 1.29 bits per heavy atom. The van der Waals surface area contributed by atoms with E-state index >= 15 is 0 Å². The summed E-state index contributed by atoms with van der Waals surface area (Å²) in [5.74, 6) is -0.0309. The molecule has 1 atom stereocenters. The normalized spacial score (nSPS) is 16.8. The molecule has 1 heterocycles. The molecule has 1 fully saturated rings. The van der Waals surface area contributed by atoms with Crippen LogP contribution in [0.4, 0.5) is 0 Å². The second kappa shape index (κ2) is 7.53. The van der Waals surface area contributed by atoms with Gasteiger partial charge in [0.05, 0.1) is 0 Å². The van der Waals surface area contributed by atoms with Gasteiger partial charge in [-0.05, 0) is 25.0 Å². The second-order valence-electron chi connectivity index (χ2n) is 6.18. The van der Waals surface area contributed by atoms with E-state index in [1.165, 1.54) is 12.7 Å². The molecule has 7 heteroatoms. The maximum absolute atomic E-state index is 13.2. The van der Waals surface area contributed by atoms with Crippen LogP contribution in [-0.4, -0.2) is 38.7 Å². The largest absolute Gasteiger partial charge is 0.341 e. The number of carbonyl (C=O) groups is 1. The van der Waals surface area contributed by atoms with Gasteiger partial charge in [-0.15, -0.1) is 0 Å². The van der Waals surface area contributed by atoms with Crippen molar-refractivity contribution in [2.24, 2.45) is 0 Å². The van der Waals surface area contributed by atoms with Crippen LogP contribution in [0.3, 0.4) is 0 Å². The van der Waals surface area contributed by atoms with Crippen LogP contribution >= 0.6 is 23.2 Å². The molecule has 3 rings (SSSR count). The number of hydrogen-bond donors (Lipinski definition) is 0. The lowest BCUT2D eigenvalue weighted by Crippen LogP contribution is -2.42. The Balaban J connectivity index is 1.94. The lowest BCUT2D eigenvalue weighted by atomic mass is 9.93. The summed E-state index contributed by atoms with van der Waals surface area (Å²) in [6.45, 7) is 0. The first-order valence-corrected chi connectivity index (χ1v) is 8.89. The Labute approximate surface area is 151 Å². The molecule has 1 aliphatic rings. The number of aromatic nitrogens is 3. The SMILES string of the molecule is CN(C(=O)C(c1ccc(Cl)cc1Cl)n1cncn1)C1CCCCC1. The molecule has 1 aromatic heterocycles. The van der Waals surface area contributed by atoms with E-state index in [-0.39, 0.29) is 11.9 Å². The number of halogens is 2. The first kappa shape index (κ1) is 17.2. The summed E-state index contributed by atoms with van der Waals surface area (Å²) >= 11 is 12.4. The van der Waals surface area contributed by atoms with Gasteiger partial charge >= 0.3 is 0 Å². The summed E-state index contributed by atoms with van der Waals surface area (Å²) in [6.07, 6.45) is 8.62. The van der Waals surface area contributed by atoms with Gasteiger partial charge in [-0.2, -0.15) is 5.10 Å². The molecular weight excluding hydrogens is 347 g/mol. The average molecular weight is 367 g/mol. The Morgan fingerprint density at radius 2 is 2.04 bits per heavy atom. The minimum absolute atomic E-state index is 0.0309. The van der Waals surface area contributed by atoms with Crippen molar-refractivity contribution in [2.45, 2.75) is 44.2 Å². The van der Waals surface area contributed by atoms with Crippen LogP contribution < -0.4 is 0 Å². The number of rotatable bonds is 4. The third-order valence-electron chi connectivity index (χ3n) is 4.66. The molecular formula is C17H20Cl2N4O. The minimum Gasteiger partial charge on any atom is -0.341 e. The van der Waals surface area contributed by atoms with Crippen LogP contribution in [-0.2, 0) is 4.79 Å². The van der Waals surface area contributed by atoms with E-state index in [9.17, 15) is 4.79 Å². The highest BCUT2D eigenvalue weighted by atomic mass is 35.5. The van der Waals surface area contributed by atoms with Crippen LogP contribution in [0.1, 0.15) is 43.7 Å². The molecule has 0 radical (unpaired) electrons. The smallest absolute Gasteiger partial charge is 0.252 e. The molecule has 1 saturated carbocycles. The maximum Gasteiger partial charge on any atom is 0.252 e. The zero-order valence-corrected chi connectivity index (χ0v) is 15.0. The molecule has 1 amide bonds. The molecule has 0 bridgehead atoms. The van der Waals surface area contributed by atoms with E-state index in [0.29, 0.717) is 15.6 Å². The monoisotopic (exact) mass is 366 g/mol. The average Bonchev–Trinajstić information content (AvgIpc) is 3.11. The van der Waals surface area contributed by atoms with Crippen LogP contribution in [0.2, 0.25) is 10.0 Å². The van der Waals surface area contributed by atoms with E-state index in [1.807, 2.05) is 11.9 Å². The molecule has 0 saturated heterocycles. The van der Waals surface area contributed by atoms with Crippen molar-refractivity contribution < 1.29 is 4.79 Å².